The molecule has 0 bridgehead atoms. The number of carbonyl (C=O) groups is 2. The van der Waals surface area contributed by atoms with E-state index in [1.807, 2.05) is 13.0 Å². The smallest absolute Gasteiger partial charge is 0.264 e. The fraction of sp³-hybridized carbons (Fsp3) is 0.310. The van der Waals surface area contributed by atoms with Crippen molar-refractivity contribution in [2.45, 2.75) is 44.7 Å². The van der Waals surface area contributed by atoms with Crippen LogP contribution in [0, 0.1) is 6.92 Å². The Bertz CT molecular complexity index is 1400. The number of halogens is 1. The minimum absolute atomic E-state index is 0.0326. The summed E-state index contributed by atoms with van der Waals surface area (Å²) in [4.78, 5) is 28.3. The van der Waals surface area contributed by atoms with Crippen LogP contribution in [-0.4, -0.2) is 51.4 Å². The van der Waals surface area contributed by atoms with Gasteiger partial charge in [-0.3, -0.25) is 13.9 Å². The fourth-order valence-corrected chi connectivity index (χ4v) is 5.69. The van der Waals surface area contributed by atoms with Crippen LogP contribution in [0.2, 0.25) is 5.02 Å². The van der Waals surface area contributed by atoms with Crippen molar-refractivity contribution in [3.63, 3.8) is 0 Å². The van der Waals surface area contributed by atoms with Crippen LogP contribution in [0.4, 0.5) is 5.69 Å². The molecule has 1 unspecified atom stereocenters. The molecule has 1 atom stereocenters. The molecule has 0 saturated heterocycles. The highest BCUT2D eigenvalue weighted by Crippen LogP contribution is 2.30. The maximum Gasteiger partial charge on any atom is 0.264 e. The number of hydrogen-bond donors (Lipinski definition) is 1. The number of rotatable bonds is 12. The molecule has 39 heavy (non-hydrogen) atoms. The maximum absolute atomic E-state index is 14.0. The average Bonchev–Trinajstić information content (AvgIpc) is 2.94. The first-order chi connectivity index (χ1) is 18.6. The van der Waals surface area contributed by atoms with Gasteiger partial charge in [-0.05, 0) is 67.8 Å². The molecule has 0 aromatic heterocycles. The standard InChI is InChI=1S/C29H34ClN3O5S/c1-5-16-31-29(35)22(3)32(19-23-10-9-11-25(17-23)38-4)28(34)20-33(27-18-24(30)15-14-21(27)2)39(36,37)26-12-7-6-8-13-26/h6-15,17-18,22H,5,16,19-20H2,1-4H3,(H,31,35). The lowest BCUT2D eigenvalue weighted by atomic mass is 10.1. The van der Waals surface area contributed by atoms with Crippen LogP contribution in [-0.2, 0) is 26.2 Å². The first kappa shape index (κ1) is 30.0. The highest BCUT2D eigenvalue weighted by Gasteiger charge is 2.33. The average molecular weight is 572 g/mol. The summed E-state index contributed by atoms with van der Waals surface area (Å²) >= 11 is 6.25. The van der Waals surface area contributed by atoms with E-state index in [9.17, 15) is 18.0 Å². The van der Waals surface area contributed by atoms with Crippen molar-refractivity contribution >= 4 is 39.1 Å². The molecule has 208 valence electrons. The number of ether oxygens (including phenoxy) is 1. The van der Waals surface area contributed by atoms with Gasteiger partial charge in [0.15, 0.2) is 0 Å². The second-order valence-corrected chi connectivity index (χ2v) is 11.4. The lowest BCUT2D eigenvalue weighted by Gasteiger charge is -2.32. The second-order valence-electron chi connectivity index (χ2n) is 9.10. The summed E-state index contributed by atoms with van der Waals surface area (Å²) in [6.45, 7) is 5.31. The Balaban J connectivity index is 2.05. The summed E-state index contributed by atoms with van der Waals surface area (Å²) in [7, 11) is -2.61. The van der Waals surface area contributed by atoms with E-state index in [0.717, 1.165) is 16.3 Å². The van der Waals surface area contributed by atoms with Crippen molar-refractivity contribution in [2.24, 2.45) is 0 Å². The van der Waals surface area contributed by atoms with Crippen LogP contribution in [0.15, 0.2) is 77.7 Å². The molecule has 0 aliphatic rings. The molecule has 0 fully saturated rings. The molecule has 3 rings (SSSR count). The summed E-state index contributed by atoms with van der Waals surface area (Å²) in [5, 5.41) is 3.16. The highest BCUT2D eigenvalue weighted by atomic mass is 35.5. The zero-order valence-electron chi connectivity index (χ0n) is 22.6. The molecule has 0 heterocycles. The molecule has 0 aliphatic carbocycles. The van der Waals surface area contributed by atoms with Gasteiger partial charge in [0, 0.05) is 18.1 Å². The molecule has 2 amide bonds. The Hall–Kier alpha value is -3.56. The van der Waals surface area contributed by atoms with Gasteiger partial charge in [-0.1, -0.05) is 54.9 Å². The number of benzene rings is 3. The summed E-state index contributed by atoms with van der Waals surface area (Å²) in [6, 6.07) is 19.1. The predicted octanol–water partition coefficient (Wildman–Crippen LogP) is 4.80. The molecule has 0 radical (unpaired) electrons. The Morgan fingerprint density at radius 1 is 1.03 bits per heavy atom. The molecular formula is C29H34ClN3O5S. The van der Waals surface area contributed by atoms with Crippen molar-refractivity contribution in [3.8, 4) is 5.75 Å². The van der Waals surface area contributed by atoms with Crippen molar-refractivity contribution in [3.05, 3.63) is 88.9 Å². The number of amides is 2. The first-order valence-corrected chi connectivity index (χ1v) is 14.4. The Morgan fingerprint density at radius 2 is 1.74 bits per heavy atom. The van der Waals surface area contributed by atoms with Crippen LogP contribution in [0.3, 0.4) is 0 Å². The van der Waals surface area contributed by atoms with Crippen molar-refractivity contribution in [1.82, 2.24) is 10.2 Å². The van der Waals surface area contributed by atoms with Crippen molar-refractivity contribution in [1.29, 1.82) is 0 Å². The van der Waals surface area contributed by atoms with E-state index in [0.29, 0.717) is 22.9 Å². The number of carbonyl (C=O) groups excluding carboxylic acids is 2. The highest BCUT2D eigenvalue weighted by molar-refractivity contribution is 7.92. The summed E-state index contributed by atoms with van der Waals surface area (Å²) in [5.41, 5.74) is 1.64. The molecule has 10 heteroatoms. The van der Waals surface area contributed by atoms with E-state index in [-0.39, 0.29) is 23.0 Å². The monoisotopic (exact) mass is 571 g/mol. The van der Waals surface area contributed by atoms with Gasteiger partial charge in [-0.2, -0.15) is 0 Å². The Morgan fingerprint density at radius 3 is 2.41 bits per heavy atom. The van der Waals surface area contributed by atoms with Gasteiger partial charge in [0.25, 0.3) is 10.0 Å². The van der Waals surface area contributed by atoms with Crippen LogP contribution in [0.25, 0.3) is 0 Å². The zero-order valence-corrected chi connectivity index (χ0v) is 24.1. The molecule has 0 saturated carbocycles. The number of nitrogens with one attached hydrogen (secondary N) is 1. The van der Waals surface area contributed by atoms with Gasteiger partial charge in [-0.15, -0.1) is 0 Å². The largest absolute Gasteiger partial charge is 0.497 e. The minimum Gasteiger partial charge on any atom is -0.497 e. The van der Waals surface area contributed by atoms with Crippen LogP contribution in [0.5, 0.6) is 5.75 Å². The fourth-order valence-electron chi connectivity index (χ4n) is 4.03. The predicted molar refractivity (Wildman–Crippen MR) is 153 cm³/mol. The topological polar surface area (TPSA) is 96.0 Å². The molecule has 3 aromatic rings. The quantitative estimate of drug-likeness (QED) is 0.337. The van der Waals surface area contributed by atoms with Crippen molar-refractivity contribution < 1.29 is 22.7 Å². The molecule has 3 aromatic carbocycles. The van der Waals surface area contributed by atoms with Gasteiger partial charge in [-0.25, -0.2) is 8.42 Å². The van der Waals surface area contributed by atoms with E-state index in [1.165, 1.54) is 23.1 Å². The number of anilines is 1. The van der Waals surface area contributed by atoms with Gasteiger partial charge < -0.3 is 15.0 Å². The summed E-state index contributed by atoms with van der Waals surface area (Å²) < 4.78 is 34.1. The van der Waals surface area contributed by atoms with Gasteiger partial charge in [0.1, 0.15) is 18.3 Å². The third kappa shape index (κ3) is 7.52. The zero-order chi connectivity index (χ0) is 28.6. The third-order valence-electron chi connectivity index (χ3n) is 6.25. The van der Waals surface area contributed by atoms with Gasteiger partial charge in [0.05, 0.1) is 17.7 Å². The summed E-state index contributed by atoms with van der Waals surface area (Å²) in [6.07, 6.45) is 0.736. The minimum atomic E-state index is -4.16. The SMILES string of the molecule is CCCNC(=O)C(C)N(Cc1cccc(OC)c1)C(=O)CN(c1cc(Cl)ccc1C)S(=O)(=O)c1ccccc1. The molecule has 8 nitrogen and oxygen atoms in total. The van der Waals surface area contributed by atoms with E-state index in [2.05, 4.69) is 5.32 Å². The maximum atomic E-state index is 14.0. The molecular weight excluding hydrogens is 538 g/mol. The second kappa shape index (κ2) is 13.5. The van der Waals surface area contributed by atoms with E-state index >= 15 is 0 Å². The molecule has 0 aliphatic heterocycles. The lowest BCUT2D eigenvalue weighted by molar-refractivity contribution is -0.139. The number of hydrogen-bond acceptors (Lipinski definition) is 5. The van der Waals surface area contributed by atoms with E-state index in [1.54, 1.807) is 69.5 Å². The normalized spacial score (nSPS) is 11.9. The first-order valence-electron chi connectivity index (χ1n) is 12.6. The molecule has 1 N–H and O–H groups in total. The third-order valence-corrected chi connectivity index (χ3v) is 8.26. The number of methoxy groups -OCH3 is 1. The number of sulfonamides is 1. The van der Waals surface area contributed by atoms with E-state index < -0.39 is 28.5 Å². The van der Waals surface area contributed by atoms with Gasteiger partial charge >= 0.3 is 0 Å². The lowest BCUT2D eigenvalue weighted by Crippen LogP contribution is -2.51. The number of aryl methyl sites for hydroxylation is 1. The summed E-state index contributed by atoms with van der Waals surface area (Å²) in [5.74, 6) is -0.272. The number of nitrogens with zero attached hydrogens (tertiary/aromatic N) is 2. The van der Waals surface area contributed by atoms with Gasteiger partial charge in [0.2, 0.25) is 11.8 Å². The molecule has 0 spiro atoms. The van der Waals surface area contributed by atoms with E-state index in [4.69, 9.17) is 16.3 Å². The van der Waals surface area contributed by atoms with Crippen molar-refractivity contribution in [2.75, 3.05) is 24.5 Å². The Labute approximate surface area is 235 Å². The van der Waals surface area contributed by atoms with Crippen LogP contribution >= 0.6 is 11.6 Å². The Kier molecular flexibility index (Phi) is 10.4. The van der Waals surface area contributed by atoms with Crippen LogP contribution < -0.4 is 14.4 Å². The van der Waals surface area contributed by atoms with Crippen LogP contribution in [0.1, 0.15) is 31.4 Å².